The van der Waals surface area contributed by atoms with Gasteiger partial charge in [0.1, 0.15) is 0 Å². The summed E-state index contributed by atoms with van der Waals surface area (Å²) < 4.78 is 24.8. The molecule has 1 fully saturated rings. The molecule has 1 N–H and O–H groups in total. The summed E-state index contributed by atoms with van der Waals surface area (Å²) >= 11 is 0. The summed E-state index contributed by atoms with van der Waals surface area (Å²) in [7, 11) is 0. The third kappa shape index (κ3) is 2.41. The van der Waals surface area contributed by atoms with Crippen molar-refractivity contribution in [2.45, 2.75) is 57.0 Å². The van der Waals surface area contributed by atoms with Crippen LogP contribution >= 0.6 is 0 Å². The van der Waals surface area contributed by atoms with Gasteiger partial charge in [0.2, 0.25) is 0 Å². The van der Waals surface area contributed by atoms with Crippen LogP contribution in [0.2, 0.25) is 0 Å². The van der Waals surface area contributed by atoms with Crippen molar-refractivity contribution in [3.63, 3.8) is 0 Å². The van der Waals surface area contributed by atoms with Gasteiger partial charge in [0.05, 0.1) is 5.60 Å². The fraction of sp³-hybridized carbons (Fsp3) is 1.00. The second kappa shape index (κ2) is 3.29. The molecule has 3 heteroatoms. The minimum atomic E-state index is -2.60. The Bertz CT molecular complexity index is 149. The Hall–Kier alpha value is -0.180. The molecule has 0 aromatic heterocycles. The van der Waals surface area contributed by atoms with Gasteiger partial charge in [-0.1, -0.05) is 26.2 Å². The molecule has 0 radical (unpaired) electrons. The van der Waals surface area contributed by atoms with Crippen LogP contribution in [0.25, 0.3) is 0 Å². The molecule has 0 atom stereocenters. The van der Waals surface area contributed by atoms with Crippen LogP contribution in [0, 0.1) is 0 Å². The van der Waals surface area contributed by atoms with Crippen LogP contribution in [-0.4, -0.2) is 16.6 Å². The zero-order valence-corrected chi connectivity index (χ0v) is 7.45. The molecular weight excluding hydrogens is 162 g/mol. The number of hydrogen-bond acceptors (Lipinski definition) is 1. The lowest BCUT2D eigenvalue weighted by molar-refractivity contribution is -0.207. The number of halogens is 2. The molecule has 0 aliphatic heterocycles. The average molecular weight is 178 g/mol. The maximum atomic E-state index is 12.4. The molecule has 1 saturated carbocycles. The fourth-order valence-corrected chi connectivity index (χ4v) is 1.79. The van der Waals surface area contributed by atoms with Gasteiger partial charge in [0.15, 0.2) is 0 Å². The highest BCUT2D eigenvalue weighted by Gasteiger charge is 2.54. The van der Waals surface area contributed by atoms with Crippen molar-refractivity contribution >= 4 is 0 Å². The van der Waals surface area contributed by atoms with Crippen molar-refractivity contribution in [2.75, 3.05) is 0 Å². The van der Waals surface area contributed by atoms with E-state index in [1.165, 1.54) is 0 Å². The Morgan fingerprint density at radius 3 is 2.25 bits per heavy atom. The Morgan fingerprint density at radius 1 is 1.25 bits per heavy atom. The summed E-state index contributed by atoms with van der Waals surface area (Å²) in [5.74, 6) is -2.60. The van der Waals surface area contributed by atoms with E-state index >= 15 is 0 Å². The number of alkyl halides is 2. The fourth-order valence-electron chi connectivity index (χ4n) is 1.79. The molecule has 0 saturated heterocycles. The van der Waals surface area contributed by atoms with Crippen LogP contribution in [-0.2, 0) is 0 Å². The topological polar surface area (TPSA) is 20.2 Å². The Balaban J connectivity index is 2.17. The van der Waals surface area contributed by atoms with Gasteiger partial charge >= 0.3 is 0 Å². The van der Waals surface area contributed by atoms with Crippen LogP contribution in [0.4, 0.5) is 8.78 Å². The molecule has 0 amide bonds. The SMILES string of the molecule is CCCCCC1(O)CC(F)(F)C1. The molecule has 0 aromatic rings. The molecule has 1 aliphatic rings. The number of unbranched alkanes of at least 4 members (excludes halogenated alkanes) is 2. The van der Waals surface area contributed by atoms with Gasteiger partial charge in [0.25, 0.3) is 5.92 Å². The van der Waals surface area contributed by atoms with E-state index in [-0.39, 0.29) is 12.8 Å². The van der Waals surface area contributed by atoms with E-state index < -0.39 is 11.5 Å². The molecule has 12 heavy (non-hydrogen) atoms. The van der Waals surface area contributed by atoms with Crippen LogP contribution in [0.3, 0.4) is 0 Å². The van der Waals surface area contributed by atoms with Crippen LogP contribution in [0.5, 0.6) is 0 Å². The highest BCUT2D eigenvalue weighted by Crippen LogP contribution is 2.47. The number of aliphatic hydroxyl groups is 1. The van der Waals surface area contributed by atoms with Gasteiger partial charge in [-0.3, -0.25) is 0 Å². The minimum Gasteiger partial charge on any atom is -0.389 e. The van der Waals surface area contributed by atoms with Gasteiger partial charge < -0.3 is 5.11 Å². The van der Waals surface area contributed by atoms with Crippen LogP contribution in [0.1, 0.15) is 45.4 Å². The van der Waals surface area contributed by atoms with Crippen molar-refractivity contribution in [1.82, 2.24) is 0 Å². The van der Waals surface area contributed by atoms with Crippen molar-refractivity contribution in [3.05, 3.63) is 0 Å². The molecule has 1 nitrogen and oxygen atoms in total. The maximum Gasteiger partial charge on any atom is 0.253 e. The van der Waals surface area contributed by atoms with E-state index in [0.29, 0.717) is 6.42 Å². The summed E-state index contributed by atoms with van der Waals surface area (Å²) in [6.45, 7) is 2.05. The van der Waals surface area contributed by atoms with E-state index in [4.69, 9.17) is 0 Å². The number of rotatable bonds is 4. The van der Waals surface area contributed by atoms with Crippen molar-refractivity contribution in [1.29, 1.82) is 0 Å². The first-order valence-corrected chi connectivity index (χ1v) is 4.58. The van der Waals surface area contributed by atoms with Crippen LogP contribution in [0.15, 0.2) is 0 Å². The zero-order valence-electron chi connectivity index (χ0n) is 7.45. The van der Waals surface area contributed by atoms with Crippen molar-refractivity contribution < 1.29 is 13.9 Å². The second-order valence-electron chi connectivity index (χ2n) is 3.89. The summed E-state index contributed by atoms with van der Waals surface area (Å²) in [5.41, 5.74) is -1.04. The Morgan fingerprint density at radius 2 is 1.83 bits per heavy atom. The summed E-state index contributed by atoms with van der Waals surface area (Å²) in [4.78, 5) is 0. The Kier molecular flexibility index (Phi) is 2.71. The first kappa shape index (κ1) is 9.90. The van der Waals surface area contributed by atoms with E-state index in [1.54, 1.807) is 0 Å². The first-order chi connectivity index (χ1) is 5.47. The molecule has 0 bridgehead atoms. The highest BCUT2D eigenvalue weighted by molar-refractivity contribution is 4.99. The predicted octanol–water partition coefficient (Wildman–Crippen LogP) is 2.73. The summed E-state index contributed by atoms with van der Waals surface area (Å²) in [6.07, 6.45) is 2.83. The molecule has 1 aliphatic carbocycles. The second-order valence-corrected chi connectivity index (χ2v) is 3.89. The van der Waals surface area contributed by atoms with Crippen molar-refractivity contribution in [3.8, 4) is 0 Å². The molecule has 1 rings (SSSR count). The summed E-state index contributed by atoms with van der Waals surface area (Å²) in [5, 5.41) is 9.49. The molecular formula is C9H16F2O. The first-order valence-electron chi connectivity index (χ1n) is 4.58. The van der Waals surface area contributed by atoms with Gasteiger partial charge in [-0.25, -0.2) is 8.78 Å². The normalized spacial score (nSPS) is 25.0. The van der Waals surface area contributed by atoms with Gasteiger partial charge in [-0.15, -0.1) is 0 Å². The zero-order chi connectivity index (χ0) is 9.24. The third-order valence-corrected chi connectivity index (χ3v) is 2.42. The molecule has 0 heterocycles. The van der Waals surface area contributed by atoms with E-state index in [9.17, 15) is 13.9 Å². The predicted molar refractivity (Wildman–Crippen MR) is 43.3 cm³/mol. The van der Waals surface area contributed by atoms with Crippen molar-refractivity contribution in [2.24, 2.45) is 0 Å². The molecule has 0 unspecified atom stereocenters. The van der Waals surface area contributed by atoms with Crippen LogP contribution < -0.4 is 0 Å². The van der Waals surface area contributed by atoms with E-state index in [1.807, 2.05) is 0 Å². The Labute approximate surface area is 71.8 Å². The third-order valence-electron chi connectivity index (χ3n) is 2.42. The largest absolute Gasteiger partial charge is 0.389 e. The molecule has 0 aromatic carbocycles. The van der Waals surface area contributed by atoms with Gasteiger partial charge in [-0.05, 0) is 6.42 Å². The molecule has 72 valence electrons. The van der Waals surface area contributed by atoms with E-state index in [2.05, 4.69) is 6.92 Å². The lowest BCUT2D eigenvalue weighted by atomic mass is 9.73. The molecule has 0 spiro atoms. The monoisotopic (exact) mass is 178 g/mol. The average Bonchev–Trinajstić information content (AvgIpc) is 1.83. The standard InChI is InChI=1S/C9H16F2O/c1-2-3-4-5-8(12)6-9(10,11)7-8/h12H,2-7H2,1H3. The van der Waals surface area contributed by atoms with Gasteiger partial charge in [-0.2, -0.15) is 0 Å². The minimum absolute atomic E-state index is 0.330. The lowest BCUT2D eigenvalue weighted by Gasteiger charge is -2.43. The highest BCUT2D eigenvalue weighted by atomic mass is 19.3. The quantitative estimate of drug-likeness (QED) is 0.656. The van der Waals surface area contributed by atoms with Gasteiger partial charge in [0, 0.05) is 12.8 Å². The smallest absolute Gasteiger partial charge is 0.253 e. The maximum absolute atomic E-state index is 12.4. The number of hydrogen-bond donors (Lipinski definition) is 1. The van der Waals surface area contributed by atoms with E-state index in [0.717, 1.165) is 19.3 Å². The summed E-state index contributed by atoms with van der Waals surface area (Å²) in [6, 6.07) is 0. The lowest BCUT2D eigenvalue weighted by Crippen LogP contribution is -2.51.